The number of aryl methyl sites for hydroxylation is 2. The predicted molar refractivity (Wildman–Crippen MR) is 133 cm³/mol. The van der Waals surface area contributed by atoms with E-state index in [0.29, 0.717) is 49.7 Å². The van der Waals surface area contributed by atoms with Crippen molar-refractivity contribution in [2.45, 2.75) is 33.6 Å². The maximum Gasteiger partial charge on any atom is 0.414 e. The maximum absolute atomic E-state index is 12.2. The Bertz CT molecular complexity index is 966. The van der Waals surface area contributed by atoms with Crippen LogP contribution in [-0.4, -0.2) is 73.8 Å². The largest absolute Gasteiger partial charge is 0.414 e. The number of hydrogen-bond donors (Lipinski definition) is 0. The van der Waals surface area contributed by atoms with Crippen LogP contribution in [0.1, 0.15) is 31.9 Å². The molecule has 2 aromatic carbocycles. The molecule has 2 rings (SSSR count). The minimum Gasteiger partial charge on any atom is -0.410 e. The summed E-state index contributed by atoms with van der Waals surface area (Å²) in [5.41, 5.74) is 1.88. The Balaban J connectivity index is 2.14. The third kappa shape index (κ3) is 8.51. The third-order valence-electron chi connectivity index (χ3n) is 5.54. The first-order valence-corrected chi connectivity index (χ1v) is 11.7. The molecule has 190 valence electrons. The van der Waals surface area contributed by atoms with Crippen molar-refractivity contribution >= 4 is 18.3 Å². The third-order valence-corrected chi connectivity index (χ3v) is 5.54. The molecule has 0 aliphatic carbocycles. The SMILES string of the molecule is CCN(C)C(=O)Oc1ccc(CCc2cc(OC(=O)N(C)CC)cc(OC(=O)N(C)CC)c2)cc1. The van der Waals surface area contributed by atoms with E-state index in [4.69, 9.17) is 14.2 Å². The molecule has 0 spiro atoms. The molecule has 3 amide bonds. The van der Waals surface area contributed by atoms with E-state index in [1.165, 1.54) is 20.8 Å². The van der Waals surface area contributed by atoms with Crippen LogP contribution in [-0.2, 0) is 12.8 Å². The molecule has 9 heteroatoms. The van der Waals surface area contributed by atoms with Crippen molar-refractivity contribution in [2.75, 3.05) is 40.8 Å². The molecule has 0 saturated carbocycles. The lowest BCUT2D eigenvalue weighted by atomic mass is 10.0. The predicted octanol–water partition coefficient (Wildman–Crippen LogP) is 4.82. The monoisotopic (exact) mass is 485 g/mol. The standard InChI is InChI=1S/C26H35N3O6/c1-7-27(4)24(30)33-21-14-12-19(13-15-21)10-11-20-16-22(34-25(31)28(5)8-2)18-23(17-20)35-26(32)29(6)9-3/h12-18H,7-11H2,1-6H3. The fraction of sp³-hybridized carbons (Fsp3) is 0.423. The van der Waals surface area contributed by atoms with Crippen LogP contribution >= 0.6 is 0 Å². The number of nitrogens with zero attached hydrogens (tertiary/aromatic N) is 3. The summed E-state index contributed by atoms with van der Waals surface area (Å²) in [6, 6.07) is 12.4. The van der Waals surface area contributed by atoms with E-state index < -0.39 is 18.3 Å². The van der Waals surface area contributed by atoms with Crippen molar-refractivity contribution < 1.29 is 28.6 Å². The zero-order valence-electron chi connectivity index (χ0n) is 21.4. The summed E-state index contributed by atoms with van der Waals surface area (Å²) in [6.07, 6.45) is -0.104. The Morgan fingerprint density at radius 1 is 0.571 bits per heavy atom. The van der Waals surface area contributed by atoms with E-state index in [9.17, 15) is 14.4 Å². The highest BCUT2D eigenvalue weighted by molar-refractivity contribution is 5.72. The van der Waals surface area contributed by atoms with Crippen LogP contribution in [0.3, 0.4) is 0 Å². The molecule has 0 bridgehead atoms. The lowest BCUT2D eigenvalue weighted by molar-refractivity contribution is 0.162. The average Bonchev–Trinajstić information content (AvgIpc) is 2.86. The number of carbonyl (C=O) groups excluding carboxylic acids is 3. The molecular weight excluding hydrogens is 450 g/mol. The minimum absolute atomic E-state index is 0.303. The Labute approximate surface area is 207 Å². The van der Waals surface area contributed by atoms with Crippen LogP contribution in [0, 0.1) is 0 Å². The fourth-order valence-electron chi connectivity index (χ4n) is 2.83. The van der Waals surface area contributed by atoms with Crippen molar-refractivity contribution in [1.82, 2.24) is 14.7 Å². The summed E-state index contributed by atoms with van der Waals surface area (Å²) in [6.45, 7) is 7.13. The molecule has 0 radical (unpaired) electrons. The molecule has 0 aliphatic rings. The minimum atomic E-state index is -0.494. The first kappa shape index (κ1) is 27.5. The van der Waals surface area contributed by atoms with Crippen LogP contribution < -0.4 is 14.2 Å². The highest BCUT2D eigenvalue weighted by atomic mass is 16.6. The van der Waals surface area contributed by atoms with E-state index >= 15 is 0 Å². The number of carbonyl (C=O) groups is 3. The Morgan fingerprint density at radius 3 is 1.34 bits per heavy atom. The van der Waals surface area contributed by atoms with Gasteiger partial charge in [-0.3, -0.25) is 0 Å². The summed E-state index contributed by atoms with van der Waals surface area (Å²) >= 11 is 0. The smallest absolute Gasteiger partial charge is 0.410 e. The Morgan fingerprint density at radius 2 is 0.943 bits per heavy atom. The lowest BCUT2D eigenvalue weighted by Crippen LogP contribution is -2.30. The topological polar surface area (TPSA) is 88.6 Å². The van der Waals surface area contributed by atoms with E-state index in [-0.39, 0.29) is 0 Å². The van der Waals surface area contributed by atoms with Gasteiger partial charge in [-0.1, -0.05) is 12.1 Å². The normalized spacial score (nSPS) is 10.3. The van der Waals surface area contributed by atoms with Gasteiger partial charge in [-0.25, -0.2) is 14.4 Å². The number of amides is 3. The van der Waals surface area contributed by atoms with Gasteiger partial charge in [0.05, 0.1) is 0 Å². The molecule has 0 N–H and O–H groups in total. The molecule has 0 fully saturated rings. The molecule has 0 aliphatic heterocycles. The van der Waals surface area contributed by atoms with Gasteiger partial charge in [0.2, 0.25) is 0 Å². The molecule has 0 unspecified atom stereocenters. The summed E-state index contributed by atoms with van der Waals surface area (Å²) in [4.78, 5) is 40.7. The van der Waals surface area contributed by atoms with Gasteiger partial charge in [-0.2, -0.15) is 0 Å². The summed E-state index contributed by atoms with van der Waals surface area (Å²) in [5.74, 6) is 1.08. The summed E-state index contributed by atoms with van der Waals surface area (Å²) in [7, 11) is 4.96. The highest BCUT2D eigenvalue weighted by Crippen LogP contribution is 2.25. The van der Waals surface area contributed by atoms with Crippen molar-refractivity contribution in [2.24, 2.45) is 0 Å². The second kappa shape index (κ2) is 13.2. The van der Waals surface area contributed by atoms with Gasteiger partial charge in [0.25, 0.3) is 0 Å². The number of benzene rings is 2. The lowest BCUT2D eigenvalue weighted by Gasteiger charge is -2.17. The number of hydrogen-bond acceptors (Lipinski definition) is 6. The van der Waals surface area contributed by atoms with Gasteiger partial charge in [-0.05, 0) is 69.0 Å². The number of rotatable bonds is 9. The average molecular weight is 486 g/mol. The van der Waals surface area contributed by atoms with E-state index in [2.05, 4.69) is 0 Å². The number of ether oxygens (including phenoxy) is 3. The Kier molecular flexibility index (Phi) is 10.4. The highest BCUT2D eigenvalue weighted by Gasteiger charge is 2.15. The van der Waals surface area contributed by atoms with E-state index in [1.54, 1.807) is 45.4 Å². The van der Waals surface area contributed by atoms with Crippen LogP contribution in [0.5, 0.6) is 17.2 Å². The first-order valence-electron chi connectivity index (χ1n) is 11.7. The second-order valence-corrected chi connectivity index (χ2v) is 8.10. The van der Waals surface area contributed by atoms with Crippen LogP contribution in [0.25, 0.3) is 0 Å². The zero-order valence-corrected chi connectivity index (χ0v) is 21.4. The van der Waals surface area contributed by atoms with Crippen molar-refractivity contribution in [3.05, 3.63) is 53.6 Å². The van der Waals surface area contributed by atoms with E-state index in [1.807, 2.05) is 32.9 Å². The molecule has 0 heterocycles. The second-order valence-electron chi connectivity index (χ2n) is 8.10. The summed E-state index contributed by atoms with van der Waals surface area (Å²) in [5, 5.41) is 0. The van der Waals surface area contributed by atoms with Crippen molar-refractivity contribution in [1.29, 1.82) is 0 Å². The van der Waals surface area contributed by atoms with Gasteiger partial charge in [-0.15, -0.1) is 0 Å². The zero-order chi connectivity index (χ0) is 26.0. The fourth-order valence-corrected chi connectivity index (χ4v) is 2.83. The first-order chi connectivity index (χ1) is 16.7. The Hall–Kier alpha value is -3.75. The molecule has 0 aromatic heterocycles. The van der Waals surface area contributed by atoms with Crippen LogP contribution in [0.15, 0.2) is 42.5 Å². The van der Waals surface area contributed by atoms with E-state index in [0.717, 1.165) is 11.1 Å². The van der Waals surface area contributed by atoms with Gasteiger partial charge >= 0.3 is 18.3 Å². The van der Waals surface area contributed by atoms with Crippen LogP contribution in [0.2, 0.25) is 0 Å². The molecule has 9 nitrogen and oxygen atoms in total. The van der Waals surface area contributed by atoms with Gasteiger partial charge in [0.15, 0.2) is 0 Å². The molecule has 0 saturated heterocycles. The van der Waals surface area contributed by atoms with Gasteiger partial charge in [0, 0.05) is 46.8 Å². The van der Waals surface area contributed by atoms with Crippen molar-refractivity contribution in [3.63, 3.8) is 0 Å². The van der Waals surface area contributed by atoms with Gasteiger partial charge < -0.3 is 28.9 Å². The maximum atomic E-state index is 12.2. The van der Waals surface area contributed by atoms with Crippen LogP contribution in [0.4, 0.5) is 14.4 Å². The molecule has 2 aromatic rings. The molecule has 35 heavy (non-hydrogen) atoms. The molecular formula is C26H35N3O6. The van der Waals surface area contributed by atoms with Crippen molar-refractivity contribution in [3.8, 4) is 17.2 Å². The molecule has 0 atom stereocenters. The quantitative estimate of drug-likeness (QED) is 0.506. The van der Waals surface area contributed by atoms with Gasteiger partial charge in [0.1, 0.15) is 17.2 Å². The summed E-state index contributed by atoms with van der Waals surface area (Å²) < 4.78 is 16.3.